The smallest absolute Gasteiger partial charge is 0.251 e. The maximum absolute atomic E-state index is 11.9. The van der Waals surface area contributed by atoms with E-state index in [-0.39, 0.29) is 17.7 Å². The van der Waals surface area contributed by atoms with Crippen LogP contribution in [0.15, 0.2) is 30.5 Å². The van der Waals surface area contributed by atoms with Gasteiger partial charge < -0.3 is 10.4 Å². The molecule has 18 heavy (non-hydrogen) atoms. The van der Waals surface area contributed by atoms with E-state index in [9.17, 15) is 4.79 Å². The average Bonchev–Trinajstić information content (AvgIpc) is 2.76. The van der Waals surface area contributed by atoms with Gasteiger partial charge in [0.1, 0.15) is 10.8 Å². The van der Waals surface area contributed by atoms with Gasteiger partial charge in [0.15, 0.2) is 0 Å². The standard InChI is InChI=1S/C13H14N2O2S/c1-8-7-14-13(18-8)9(2)15-12(17)10-3-5-11(16)6-4-10/h3-7,9,16H,1-2H3,(H,15,17). The molecule has 0 aliphatic rings. The molecule has 0 bridgehead atoms. The molecule has 0 aliphatic heterocycles. The van der Waals surface area contributed by atoms with Crippen LogP contribution in [0.5, 0.6) is 5.75 Å². The Hall–Kier alpha value is -1.88. The first kappa shape index (κ1) is 12.6. The summed E-state index contributed by atoms with van der Waals surface area (Å²) in [5.74, 6) is -0.0227. The predicted octanol–water partition coefficient (Wildman–Crippen LogP) is 2.65. The molecular weight excluding hydrogens is 248 g/mol. The number of phenolic OH excluding ortho intramolecular Hbond substituents is 1. The van der Waals surface area contributed by atoms with Crippen molar-refractivity contribution in [1.29, 1.82) is 0 Å². The van der Waals surface area contributed by atoms with Gasteiger partial charge in [-0.25, -0.2) is 4.98 Å². The molecule has 5 heteroatoms. The van der Waals surface area contributed by atoms with E-state index >= 15 is 0 Å². The predicted molar refractivity (Wildman–Crippen MR) is 70.8 cm³/mol. The van der Waals surface area contributed by atoms with Gasteiger partial charge in [-0.15, -0.1) is 11.3 Å². The number of carbonyl (C=O) groups excluding carboxylic acids is 1. The van der Waals surface area contributed by atoms with E-state index in [0.29, 0.717) is 5.56 Å². The Labute approximate surface area is 109 Å². The Kier molecular flexibility index (Phi) is 3.62. The van der Waals surface area contributed by atoms with Crippen molar-refractivity contribution in [3.05, 3.63) is 45.9 Å². The number of phenols is 1. The third kappa shape index (κ3) is 2.87. The molecule has 0 spiro atoms. The molecule has 0 saturated carbocycles. The fourth-order valence-electron chi connectivity index (χ4n) is 1.53. The van der Waals surface area contributed by atoms with E-state index in [4.69, 9.17) is 5.11 Å². The molecule has 0 fully saturated rings. The van der Waals surface area contributed by atoms with E-state index in [1.165, 1.54) is 12.1 Å². The summed E-state index contributed by atoms with van der Waals surface area (Å²) in [4.78, 5) is 17.3. The molecule has 1 amide bonds. The second-order valence-corrected chi connectivity index (χ2v) is 5.32. The molecule has 2 aromatic rings. The van der Waals surface area contributed by atoms with Crippen LogP contribution in [0.1, 0.15) is 33.2 Å². The zero-order chi connectivity index (χ0) is 13.1. The quantitative estimate of drug-likeness (QED) is 0.894. The van der Waals surface area contributed by atoms with Crippen LogP contribution in [-0.2, 0) is 0 Å². The number of aryl methyl sites for hydroxylation is 1. The lowest BCUT2D eigenvalue weighted by molar-refractivity contribution is 0.0940. The highest BCUT2D eigenvalue weighted by molar-refractivity contribution is 7.11. The number of thiazole rings is 1. The minimum absolute atomic E-state index is 0.120. The van der Waals surface area contributed by atoms with Gasteiger partial charge in [-0.2, -0.15) is 0 Å². The van der Waals surface area contributed by atoms with Crippen LogP contribution in [-0.4, -0.2) is 16.0 Å². The molecule has 0 saturated heterocycles. The summed E-state index contributed by atoms with van der Waals surface area (Å²) in [5, 5.41) is 12.9. The summed E-state index contributed by atoms with van der Waals surface area (Å²) in [6, 6.07) is 6.04. The van der Waals surface area contributed by atoms with Gasteiger partial charge in [0.25, 0.3) is 5.91 Å². The molecule has 94 valence electrons. The normalized spacial score (nSPS) is 12.1. The highest BCUT2D eigenvalue weighted by atomic mass is 32.1. The van der Waals surface area contributed by atoms with Crippen LogP contribution >= 0.6 is 11.3 Å². The van der Waals surface area contributed by atoms with Crippen LogP contribution in [0, 0.1) is 6.92 Å². The lowest BCUT2D eigenvalue weighted by atomic mass is 10.2. The van der Waals surface area contributed by atoms with Crippen molar-refractivity contribution in [2.24, 2.45) is 0 Å². The molecule has 2 N–H and O–H groups in total. The molecule has 1 atom stereocenters. The summed E-state index contributed by atoms with van der Waals surface area (Å²) in [5.41, 5.74) is 0.521. The summed E-state index contributed by atoms with van der Waals surface area (Å²) >= 11 is 1.57. The van der Waals surface area contributed by atoms with Gasteiger partial charge in [-0.05, 0) is 38.1 Å². The monoisotopic (exact) mass is 262 g/mol. The highest BCUT2D eigenvalue weighted by Crippen LogP contribution is 2.19. The van der Waals surface area contributed by atoms with Crippen LogP contribution in [0.2, 0.25) is 0 Å². The summed E-state index contributed by atoms with van der Waals surface area (Å²) in [6.07, 6.45) is 1.79. The third-order valence-electron chi connectivity index (χ3n) is 2.49. The molecule has 1 unspecified atom stereocenters. The number of nitrogens with zero attached hydrogens (tertiary/aromatic N) is 1. The number of amides is 1. The topological polar surface area (TPSA) is 62.2 Å². The van der Waals surface area contributed by atoms with E-state index in [2.05, 4.69) is 10.3 Å². The number of aromatic nitrogens is 1. The van der Waals surface area contributed by atoms with Gasteiger partial charge in [-0.3, -0.25) is 4.79 Å². The van der Waals surface area contributed by atoms with Crippen LogP contribution < -0.4 is 5.32 Å². The van der Waals surface area contributed by atoms with Crippen molar-refractivity contribution < 1.29 is 9.90 Å². The number of aromatic hydroxyl groups is 1. The molecule has 1 aromatic carbocycles. The number of hydrogen-bond donors (Lipinski definition) is 2. The molecule has 1 aromatic heterocycles. The van der Waals surface area contributed by atoms with E-state index in [0.717, 1.165) is 9.88 Å². The SMILES string of the molecule is Cc1cnc(C(C)NC(=O)c2ccc(O)cc2)s1. The number of rotatable bonds is 3. The van der Waals surface area contributed by atoms with Crippen molar-refractivity contribution in [2.75, 3.05) is 0 Å². The number of nitrogens with one attached hydrogen (secondary N) is 1. The third-order valence-corrected chi connectivity index (χ3v) is 3.58. The first-order chi connectivity index (χ1) is 8.56. The van der Waals surface area contributed by atoms with E-state index < -0.39 is 0 Å². The van der Waals surface area contributed by atoms with Crippen molar-refractivity contribution >= 4 is 17.2 Å². The number of hydrogen-bond acceptors (Lipinski definition) is 4. The zero-order valence-electron chi connectivity index (χ0n) is 10.2. The molecule has 4 nitrogen and oxygen atoms in total. The average molecular weight is 262 g/mol. The second-order valence-electron chi connectivity index (χ2n) is 4.05. The van der Waals surface area contributed by atoms with Gasteiger partial charge >= 0.3 is 0 Å². The van der Waals surface area contributed by atoms with E-state index in [1.54, 1.807) is 29.7 Å². The highest BCUT2D eigenvalue weighted by Gasteiger charge is 2.13. The van der Waals surface area contributed by atoms with Crippen LogP contribution in [0.4, 0.5) is 0 Å². The zero-order valence-corrected chi connectivity index (χ0v) is 11.0. The van der Waals surface area contributed by atoms with Crippen molar-refractivity contribution in [1.82, 2.24) is 10.3 Å². The fourth-order valence-corrected chi connectivity index (χ4v) is 2.30. The maximum atomic E-state index is 11.9. The van der Waals surface area contributed by atoms with Gasteiger partial charge in [0.05, 0.1) is 6.04 Å². The summed E-state index contributed by atoms with van der Waals surface area (Å²) < 4.78 is 0. The Bertz CT molecular complexity index is 548. The molecule has 0 aliphatic carbocycles. The van der Waals surface area contributed by atoms with Crippen molar-refractivity contribution in [3.8, 4) is 5.75 Å². The molecule has 1 heterocycles. The summed E-state index contributed by atoms with van der Waals surface area (Å²) in [7, 11) is 0. The van der Waals surface area contributed by atoms with Crippen molar-refractivity contribution in [3.63, 3.8) is 0 Å². The van der Waals surface area contributed by atoms with Crippen LogP contribution in [0.3, 0.4) is 0 Å². The first-order valence-electron chi connectivity index (χ1n) is 5.58. The van der Waals surface area contributed by atoms with Gasteiger partial charge in [0, 0.05) is 16.6 Å². The lowest BCUT2D eigenvalue weighted by Gasteiger charge is -2.11. The maximum Gasteiger partial charge on any atom is 0.251 e. The molecule has 2 rings (SSSR count). The Morgan fingerprint density at radius 1 is 1.39 bits per heavy atom. The molecule has 0 radical (unpaired) electrons. The Morgan fingerprint density at radius 2 is 2.06 bits per heavy atom. The van der Waals surface area contributed by atoms with E-state index in [1.807, 2.05) is 13.8 Å². The molecular formula is C13H14N2O2S. The fraction of sp³-hybridized carbons (Fsp3) is 0.231. The van der Waals surface area contributed by atoms with Gasteiger partial charge in [-0.1, -0.05) is 0 Å². The summed E-state index contributed by atoms with van der Waals surface area (Å²) in [6.45, 7) is 3.88. The first-order valence-corrected chi connectivity index (χ1v) is 6.40. The van der Waals surface area contributed by atoms with Crippen LogP contribution in [0.25, 0.3) is 0 Å². The largest absolute Gasteiger partial charge is 0.508 e. The van der Waals surface area contributed by atoms with Gasteiger partial charge in [0.2, 0.25) is 0 Å². The Balaban J connectivity index is 2.05. The number of benzene rings is 1. The number of carbonyl (C=O) groups is 1. The second kappa shape index (κ2) is 5.18. The lowest BCUT2D eigenvalue weighted by Crippen LogP contribution is -2.26. The Morgan fingerprint density at radius 3 is 2.61 bits per heavy atom. The minimum Gasteiger partial charge on any atom is -0.508 e. The van der Waals surface area contributed by atoms with Crippen molar-refractivity contribution in [2.45, 2.75) is 19.9 Å². The minimum atomic E-state index is -0.171.